The highest BCUT2D eigenvalue weighted by Gasteiger charge is 2.30. The van der Waals surface area contributed by atoms with E-state index >= 15 is 0 Å². The average Bonchev–Trinajstić information content (AvgIpc) is 2.89. The molecule has 0 bridgehead atoms. The fourth-order valence-corrected chi connectivity index (χ4v) is 3.27. The van der Waals surface area contributed by atoms with Crippen LogP contribution in [0.1, 0.15) is 45.7 Å². The Morgan fingerprint density at radius 3 is 2.94 bits per heavy atom. The summed E-state index contributed by atoms with van der Waals surface area (Å²) in [5.74, 6) is 0. The zero-order valence-corrected chi connectivity index (χ0v) is 11.8. The molecule has 0 radical (unpaired) electrons. The number of anilines is 1. The van der Waals surface area contributed by atoms with Crippen LogP contribution in [0.15, 0.2) is 0 Å². The fraction of sp³-hybridized carbons (Fsp3) is 0.833. The Bertz CT molecular complexity index is 352. The van der Waals surface area contributed by atoms with E-state index in [2.05, 4.69) is 40.6 Å². The van der Waals surface area contributed by atoms with Crippen molar-refractivity contribution < 1.29 is 0 Å². The zero-order valence-electron chi connectivity index (χ0n) is 10.9. The van der Waals surface area contributed by atoms with Gasteiger partial charge in [-0.15, -0.1) is 5.10 Å². The predicted molar refractivity (Wildman–Crippen MR) is 72.4 cm³/mol. The molecule has 2 rings (SSSR count). The average molecular weight is 254 g/mol. The van der Waals surface area contributed by atoms with Gasteiger partial charge in [0.1, 0.15) is 10.7 Å². The van der Waals surface area contributed by atoms with E-state index in [1.165, 1.54) is 30.8 Å². The Hall–Kier alpha value is -0.680. The van der Waals surface area contributed by atoms with E-state index in [1.807, 2.05) is 0 Å². The van der Waals surface area contributed by atoms with E-state index in [1.54, 1.807) is 0 Å². The van der Waals surface area contributed by atoms with Crippen molar-refractivity contribution in [2.24, 2.45) is 0 Å². The second-order valence-electron chi connectivity index (χ2n) is 4.74. The van der Waals surface area contributed by atoms with Gasteiger partial charge in [-0.25, -0.2) is 0 Å². The van der Waals surface area contributed by atoms with Gasteiger partial charge in [0, 0.05) is 36.7 Å². The van der Waals surface area contributed by atoms with Crippen molar-refractivity contribution in [1.29, 1.82) is 0 Å². The number of rotatable bonds is 5. The lowest BCUT2D eigenvalue weighted by Gasteiger charge is -2.26. The normalized spacial score (nSPS) is 25.4. The molecule has 2 atom stereocenters. The van der Waals surface area contributed by atoms with Crippen LogP contribution in [0.25, 0.3) is 0 Å². The van der Waals surface area contributed by atoms with Crippen molar-refractivity contribution >= 4 is 16.5 Å². The lowest BCUT2D eigenvalue weighted by Crippen LogP contribution is -2.33. The first-order valence-corrected chi connectivity index (χ1v) is 7.34. The summed E-state index contributed by atoms with van der Waals surface area (Å²) >= 11 is 1.47. The third kappa shape index (κ3) is 2.77. The molecule has 1 N–H and O–H groups in total. The fourth-order valence-electron chi connectivity index (χ4n) is 2.63. The van der Waals surface area contributed by atoms with Gasteiger partial charge in [0.05, 0.1) is 0 Å². The van der Waals surface area contributed by atoms with Gasteiger partial charge < -0.3 is 5.32 Å². The molecule has 0 amide bonds. The summed E-state index contributed by atoms with van der Waals surface area (Å²) < 4.78 is 4.06. The van der Waals surface area contributed by atoms with Crippen LogP contribution in [0.4, 0.5) is 5.00 Å². The van der Waals surface area contributed by atoms with Crippen molar-refractivity contribution in [2.75, 3.05) is 11.9 Å². The quantitative estimate of drug-likeness (QED) is 0.877. The number of nitrogens with zero attached hydrogens (tertiary/aromatic N) is 3. The zero-order chi connectivity index (χ0) is 12.3. The van der Waals surface area contributed by atoms with Gasteiger partial charge in [0.2, 0.25) is 0 Å². The SMILES string of the molecule is CCNc1snnc1CN1C(C)CCC1CC. The molecule has 0 saturated carbocycles. The van der Waals surface area contributed by atoms with E-state index in [-0.39, 0.29) is 0 Å². The molecular formula is C12H22N4S. The van der Waals surface area contributed by atoms with Crippen LogP contribution in [0.3, 0.4) is 0 Å². The van der Waals surface area contributed by atoms with Gasteiger partial charge in [-0.2, -0.15) is 0 Å². The van der Waals surface area contributed by atoms with Crippen LogP contribution >= 0.6 is 11.5 Å². The molecule has 1 aromatic rings. The van der Waals surface area contributed by atoms with E-state index in [9.17, 15) is 0 Å². The topological polar surface area (TPSA) is 41.1 Å². The molecule has 4 nitrogen and oxygen atoms in total. The number of nitrogens with one attached hydrogen (secondary N) is 1. The van der Waals surface area contributed by atoms with Crippen molar-refractivity contribution in [3.8, 4) is 0 Å². The Labute approximate surface area is 108 Å². The van der Waals surface area contributed by atoms with E-state index in [0.29, 0.717) is 6.04 Å². The van der Waals surface area contributed by atoms with Crippen LogP contribution in [0.2, 0.25) is 0 Å². The van der Waals surface area contributed by atoms with Gasteiger partial charge in [-0.1, -0.05) is 11.4 Å². The van der Waals surface area contributed by atoms with Crippen molar-refractivity contribution in [3.05, 3.63) is 5.69 Å². The highest BCUT2D eigenvalue weighted by Crippen LogP contribution is 2.29. The monoisotopic (exact) mass is 254 g/mol. The third-order valence-electron chi connectivity index (χ3n) is 3.65. The molecular weight excluding hydrogens is 232 g/mol. The third-order valence-corrected chi connectivity index (χ3v) is 4.38. The molecule has 1 aliphatic rings. The first kappa shape index (κ1) is 12.8. The first-order chi connectivity index (χ1) is 8.26. The minimum absolute atomic E-state index is 0.677. The van der Waals surface area contributed by atoms with Gasteiger partial charge >= 0.3 is 0 Å². The Morgan fingerprint density at radius 2 is 2.24 bits per heavy atom. The smallest absolute Gasteiger partial charge is 0.134 e. The lowest BCUT2D eigenvalue weighted by atomic mass is 10.1. The van der Waals surface area contributed by atoms with Gasteiger partial charge in [0.25, 0.3) is 0 Å². The Morgan fingerprint density at radius 1 is 1.41 bits per heavy atom. The molecule has 1 aromatic heterocycles. The molecule has 96 valence electrons. The molecule has 17 heavy (non-hydrogen) atoms. The maximum atomic E-state index is 4.27. The van der Waals surface area contributed by atoms with Gasteiger partial charge in [-0.05, 0) is 33.1 Å². The summed E-state index contributed by atoms with van der Waals surface area (Å²) in [6.45, 7) is 8.58. The van der Waals surface area contributed by atoms with E-state index in [4.69, 9.17) is 0 Å². The predicted octanol–water partition coefficient (Wildman–Crippen LogP) is 2.73. The number of aromatic nitrogens is 2. The molecule has 0 aromatic carbocycles. The van der Waals surface area contributed by atoms with Crippen LogP contribution < -0.4 is 5.32 Å². The largest absolute Gasteiger partial charge is 0.374 e. The van der Waals surface area contributed by atoms with Crippen LogP contribution in [-0.2, 0) is 6.54 Å². The molecule has 5 heteroatoms. The number of hydrogen-bond donors (Lipinski definition) is 1. The van der Waals surface area contributed by atoms with E-state index < -0.39 is 0 Å². The summed E-state index contributed by atoms with van der Waals surface area (Å²) in [5.41, 5.74) is 1.11. The Balaban J connectivity index is 2.05. The molecule has 0 spiro atoms. The highest BCUT2D eigenvalue weighted by atomic mass is 32.1. The van der Waals surface area contributed by atoms with Crippen molar-refractivity contribution in [1.82, 2.24) is 14.5 Å². The van der Waals surface area contributed by atoms with Gasteiger partial charge in [0.15, 0.2) is 0 Å². The minimum atomic E-state index is 0.677. The number of hydrogen-bond acceptors (Lipinski definition) is 5. The van der Waals surface area contributed by atoms with Gasteiger partial charge in [-0.3, -0.25) is 4.90 Å². The van der Waals surface area contributed by atoms with Crippen molar-refractivity contribution in [3.63, 3.8) is 0 Å². The summed E-state index contributed by atoms with van der Waals surface area (Å²) in [6, 6.07) is 1.40. The molecule has 2 unspecified atom stereocenters. The minimum Gasteiger partial charge on any atom is -0.374 e. The summed E-state index contributed by atoms with van der Waals surface area (Å²) in [4.78, 5) is 2.58. The second kappa shape index (κ2) is 5.78. The summed E-state index contributed by atoms with van der Waals surface area (Å²) in [7, 11) is 0. The molecule has 1 fully saturated rings. The highest BCUT2D eigenvalue weighted by molar-refractivity contribution is 7.10. The van der Waals surface area contributed by atoms with Crippen LogP contribution in [0, 0.1) is 0 Å². The molecule has 2 heterocycles. The van der Waals surface area contributed by atoms with Crippen LogP contribution in [-0.4, -0.2) is 33.1 Å². The number of likely N-dealkylation sites (tertiary alicyclic amines) is 1. The maximum Gasteiger partial charge on any atom is 0.134 e. The van der Waals surface area contributed by atoms with E-state index in [0.717, 1.165) is 29.8 Å². The first-order valence-electron chi connectivity index (χ1n) is 6.57. The summed E-state index contributed by atoms with van der Waals surface area (Å²) in [5, 5.41) is 8.75. The molecule has 1 saturated heterocycles. The van der Waals surface area contributed by atoms with Crippen LogP contribution in [0.5, 0.6) is 0 Å². The molecule has 1 aliphatic heterocycles. The maximum absolute atomic E-state index is 4.27. The van der Waals surface area contributed by atoms with Crippen molar-refractivity contribution in [2.45, 2.75) is 58.7 Å². The second-order valence-corrected chi connectivity index (χ2v) is 5.49. The summed E-state index contributed by atoms with van der Waals surface area (Å²) in [6.07, 6.45) is 3.87. The Kier molecular flexibility index (Phi) is 4.34. The lowest BCUT2D eigenvalue weighted by molar-refractivity contribution is 0.187. The standard InChI is InChI=1S/C12H22N4S/c1-4-10-7-6-9(3)16(10)8-11-12(13-5-2)17-15-14-11/h9-10,13H,4-8H2,1-3H3. The molecule has 0 aliphatic carbocycles.